The molecule has 0 fully saturated rings. The average molecular weight is 537 g/mol. The van der Waals surface area contributed by atoms with Crippen molar-refractivity contribution in [3.63, 3.8) is 0 Å². The Kier molecular flexibility index (Phi) is 7.38. The summed E-state index contributed by atoms with van der Waals surface area (Å²) in [5, 5.41) is 3.98. The van der Waals surface area contributed by atoms with E-state index in [0.29, 0.717) is 10.9 Å². The summed E-state index contributed by atoms with van der Waals surface area (Å²) in [4.78, 5) is 40.7. The molecule has 38 heavy (non-hydrogen) atoms. The van der Waals surface area contributed by atoms with Crippen LogP contribution in [0.5, 0.6) is 0 Å². The minimum atomic E-state index is -0.585. The predicted molar refractivity (Wildman–Crippen MR) is 155 cm³/mol. The molecule has 1 atom stereocenters. The van der Waals surface area contributed by atoms with Gasteiger partial charge in [-0.05, 0) is 84.4 Å². The van der Waals surface area contributed by atoms with E-state index in [9.17, 15) is 9.59 Å². The van der Waals surface area contributed by atoms with Crippen LogP contribution in [-0.2, 0) is 9.53 Å². The number of aryl methyl sites for hydroxylation is 1. The maximum Gasteiger partial charge on any atom is 0.416 e. The van der Waals surface area contributed by atoms with Crippen LogP contribution < -0.4 is 20.0 Å². The monoisotopic (exact) mass is 536 g/mol. The van der Waals surface area contributed by atoms with E-state index in [0.717, 1.165) is 33.2 Å². The summed E-state index contributed by atoms with van der Waals surface area (Å²) in [6.07, 6.45) is 1.31. The number of amides is 2. The maximum atomic E-state index is 12.7. The van der Waals surface area contributed by atoms with Gasteiger partial charge in [0, 0.05) is 32.0 Å². The molecular formula is C28H36N6O3S. The summed E-state index contributed by atoms with van der Waals surface area (Å²) in [5.41, 5.74) is 3.95. The molecule has 1 aliphatic heterocycles. The van der Waals surface area contributed by atoms with Gasteiger partial charge < -0.3 is 19.9 Å². The van der Waals surface area contributed by atoms with Gasteiger partial charge in [-0.15, -0.1) is 0 Å². The van der Waals surface area contributed by atoms with Crippen molar-refractivity contribution in [3.05, 3.63) is 42.2 Å². The summed E-state index contributed by atoms with van der Waals surface area (Å²) >= 11 is 1.43. The van der Waals surface area contributed by atoms with Crippen molar-refractivity contribution in [1.29, 1.82) is 0 Å². The van der Waals surface area contributed by atoms with Crippen LogP contribution in [0.1, 0.15) is 47.2 Å². The number of pyridine rings is 1. The van der Waals surface area contributed by atoms with E-state index < -0.39 is 11.7 Å². The molecule has 0 bridgehead atoms. The van der Waals surface area contributed by atoms with Crippen LogP contribution in [0.25, 0.3) is 10.4 Å². The number of thiazole rings is 1. The SMILES string of the molecule is Cc1nc(N(C)C(=O)OC(C)(C)C)sc1-c1ccnc(Nc2ccc3c(c2)N(C(C)C)C(C)C(=O)N3C)c1. The van der Waals surface area contributed by atoms with Gasteiger partial charge in [-0.2, -0.15) is 0 Å². The highest BCUT2D eigenvalue weighted by Gasteiger charge is 2.35. The van der Waals surface area contributed by atoms with Crippen molar-refractivity contribution in [1.82, 2.24) is 9.97 Å². The summed E-state index contributed by atoms with van der Waals surface area (Å²) in [6.45, 7) is 13.6. The van der Waals surface area contributed by atoms with Crippen LogP contribution in [0.2, 0.25) is 0 Å². The Morgan fingerprint density at radius 3 is 2.55 bits per heavy atom. The molecule has 9 nitrogen and oxygen atoms in total. The molecule has 0 saturated heterocycles. The summed E-state index contributed by atoms with van der Waals surface area (Å²) in [7, 11) is 3.48. The molecule has 1 aromatic carbocycles. The lowest BCUT2D eigenvalue weighted by molar-refractivity contribution is -0.119. The van der Waals surface area contributed by atoms with Gasteiger partial charge in [-0.25, -0.2) is 14.8 Å². The molecule has 3 heterocycles. The molecule has 2 amide bonds. The number of anilines is 5. The smallest absolute Gasteiger partial charge is 0.416 e. The second kappa shape index (κ2) is 10.2. The van der Waals surface area contributed by atoms with Crippen molar-refractivity contribution in [2.24, 2.45) is 0 Å². The van der Waals surface area contributed by atoms with Gasteiger partial charge in [0.2, 0.25) is 5.91 Å². The van der Waals surface area contributed by atoms with Crippen molar-refractivity contribution in [3.8, 4) is 10.4 Å². The van der Waals surface area contributed by atoms with Gasteiger partial charge in [0.1, 0.15) is 17.5 Å². The number of fused-ring (bicyclic) bond motifs is 1. The van der Waals surface area contributed by atoms with Crippen LogP contribution >= 0.6 is 11.3 Å². The first-order chi connectivity index (χ1) is 17.8. The molecule has 3 aromatic rings. The zero-order valence-electron chi connectivity index (χ0n) is 23.5. The lowest BCUT2D eigenvalue weighted by atomic mass is 10.0. The molecule has 0 spiro atoms. The van der Waals surface area contributed by atoms with Gasteiger partial charge in [0.25, 0.3) is 0 Å². The molecule has 0 aliphatic carbocycles. The molecule has 1 N–H and O–H groups in total. The maximum absolute atomic E-state index is 12.7. The van der Waals surface area contributed by atoms with Crippen LogP contribution in [0, 0.1) is 6.92 Å². The lowest BCUT2D eigenvalue weighted by Crippen LogP contribution is -2.53. The fourth-order valence-corrected chi connectivity index (χ4v) is 5.55. The first kappa shape index (κ1) is 27.4. The summed E-state index contributed by atoms with van der Waals surface area (Å²) < 4.78 is 5.48. The van der Waals surface area contributed by atoms with E-state index in [4.69, 9.17) is 4.74 Å². The largest absolute Gasteiger partial charge is 0.443 e. The Balaban J connectivity index is 1.60. The zero-order valence-corrected chi connectivity index (χ0v) is 24.3. The molecule has 202 valence electrons. The standard InChI is InChI=1S/C28H36N6O3S/c1-16(2)34-18(4)25(35)32(8)21-11-10-20(15-22(21)34)31-23-14-19(12-13-29-23)24-17(3)30-26(38-24)33(9)27(36)37-28(5,6)7/h10-16,18H,1-9H3,(H,29,31). The lowest BCUT2D eigenvalue weighted by Gasteiger charge is -2.42. The van der Waals surface area contributed by atoms with Gasteiger partial charge in [-0.1, -0.05) is 11.3 Å². The number of benzene rings is 1. The van der Waals surface area contributed by atoms with Crippen LogP contribution in [0.15, 0.2) is 36.5 Å². The highest BCUT2D eigenvalue weighted by Crippen LogP contribution is 2.40. The highest BCUT2D eigenvalue weighted by atomic mass is 32.1. The second-order valence-electron chi connectivity index (χ2n) is 10.8. The Hall–Kier alpha value is -3.66. The van der Waals surface area contributed by atoms with E-state index in [1.54, 1.807) is 18.1 Å². The van der Waals surface area contributed by atoms with E-state index in [2.05, 4.69) is 40.1 Å². The van der Waals surface area contributed by atoms with Gasteiger partial charge in [0.05, 0.1) is 21.9 Å². The van der Waals surface area contributed by atoms with E-state index in [1.165, 1.54) is 16.2 Å². The number of aromatic nitrogens is 2. The first-order valence-corrected chi connectivity index (χ1v) is 13.5. The molecule has 0 saturated carbocycles. The fraction of sp³-hybridized carbons (Fsp3) is 0.429. The van der Waals surface area contributed by atoms with Crippen molar-refractivity contribution >= 4 is 51.3 Å². The van der Waals surface area contributed by atoms with Crippen LogP contribution in [0.3, 0.4) is 0 Å². The number of carbonyl (C=O) groups is 2. The van der Waals surface area contributed by atoms with Crippen molar-refractivity contribution < 1.29 is 14.3 Å². The Morgan fingerprint density at radius 2 is 1.89 bits per heavy atom. The fourth-order valence-electron chi connectivity index (χ4n) is 4.53. The molecule has 2 aromatic heterocycles. The van der Waals surface area contributed by atoms with Crippen LogP contribution in [-0.4, -0.2) is 53.7 Å². The molecule has 0 radical (unpaired) electrons. The number of ether oxygens (including phenoxy) is 1. The van der Waals surface area contributed by atoms with Gasteiger partial charge in [-0.3, -0.25) is 9.69 Å². The average Bonchev–Trinajstić information content (AvgIpc) is 3.22. The normalized spacial score (nSPS) is 15.5. The number of rotatable bonds is 5. The number of likely N-dealkylation sites (N-methyl/N-ethyl adjacent to an activating group) is 1. The van der Waals surface area contributed by atoms with Gasteiger partial charge in [0.15, 0.2) is 5.13 Å². The highest BCUT2D eigenvalue weighted by molar-refractivity contribution is 7.19. The summed E-state index contributed by atoms with van der Waals surface area (Å²) in [6, 6.07) is 9.81. The number of nitrogens with zero attached hydrogens (tertiary/aromatic N) is 5. The Morgan fingerprint density at radius 1 is 1.18 bits per heavy atom. The number of hydrogen-bond donors (Lipinski definition) is 1. The Bertz CT molecular complexity index is 1360. The zero-order chi connectivity index (χ0) is 27.9. The Labute approximate surface area is 228 Å². The third kappa shape index (κ3) is 5.45. The molecular weight excluding hydrogens is 500 g/mol. The third-order valence-corrected chi connectivity index (χ3v) is 7.59. The van der Waals surface area contributed by atoms with Crippen LogP contribution in [0.4, 0.5) is 32.8 Å². The van der Waals surface area contributed by atoms with E-state index in [1.807, 2.05) is 65.9 Å². The minimum Gasteiger partial charge on any atom is -0.443 e. The topological polar surface area (TPSA) is 90.9 Å². The second-order valence-corrected chi connectivity index (χ2v) is 11.8. The van der Waals surface area contributed by atoms with Crippen molar-refractivity contribution in [2.75, 3.05) is 34.1 Å². The molecule has 1 unspecified atom stereocenters. The molecule has 10 heteroatoms. The third-order valence-electron chi connectivity index (χ3n) is 6.31. The summed E-state index contributed by atoms with van der Waals surface area (Å²) in [5.74, 6) is 0.763. The quantitative estimate of drug-likeness (QED) is 0.415. The van der Waals surface area contributed by atoms with Gasteiger partial charge >= 0.3 is 6.09 Å². The molecule has 1 aliphatic rings. The van der Waals surface area contributed by atoms with E-state index in [-0.39, 0.29) is 18.0 Å². The van der Waals surface area contributed by atoms with E-state index >= 15 is 0 Å². The van der Waals surface area contributed by atoms with Crippen molar-refractivity contribution in [2.45, 2.75) is 66.2 Å². The first-order valence-electron chi connectivity index (χ1n) is 12.6. The molecule has 4 rings (SSSR count). The number of nitrogens with one attached hydrogen (secondary N) is 1. The number of carbonyl (C=O) groups excluding carboxylic acids is 2. The number of hydrogen-bond acceptors (Lipinski definition) is 8. The predicted octanol–water partition coefficient (Wildman–Crippen LogP) is 6.21. The minimum absolute atomic E-state index is 0.0814.